The van der Waals surface area contributed by atoms with Crippen molar-refractivity contribution in [2.45, 2.75) is 25.7 Å². The van der Waals surface area contributed by atoms with E-state index in [-0.39, 0.29) is 11.6 Å². The average Bonchev–Trinajstić information content (AvgIpc) is 3.20. The number of benzene rings is 2. The Morgan fingerprint density at radius 3 is 2.66 bits per heavy atom. The maximum Gasteiger partial charge on any atom is 0.347 e. The molecule has 2 aromatic heterocycles. The molecule has 32 heavy (non-hydrogen) atoms. The standard InChI is InChI=1S/C24H24N6O2/c31-23(17-1-2-17)29-10-9-15(14-29)11-22-27-28-24(32)30(22)20-7-5-16(6-8-20)18-3-4-19-13-25-26-21(19)12-18/h3-8,12-13,15,17H,1-2,9-11,14H2,(H,25,26)(H,28,32)/t15-/m0/s1. The van der Waals surface area contributed by atoms with Gasteiger partial charge in [-0.3, -0.25) is 9.89 Å². The molecular formula is C24H24N6O2. The fraction of sp³-hybridized carbons (Fsp3) is 0.333. The van der Waals surface area contributed by atoms with E-state index in [1.807, 2.05) is 35.2 Å². The molecule has 8 heteroatoms. The third-order valence-corrected chi connectivity index (χ3v) is 6.64. The Hall–Kier alpha value is -3.68. The number of amides is 1. The van der Waals surface area contributed by atoms with Crippen LogP contribution in [0.25, 0.3) is 27.7 Å². The number of hydrogen-bond donors (Lipinski definition) is 2. The third-order valence-electron chi connectivity index (χ3n) is 6.64. The molecule has 0 unspecified atom stereocenters. The number of nitrogens with one attached hydrogen (secondary N) is 2. The van der Waals surface area contributed by atoms with E-state index in [1.165, 1.54) is 0 Å². The Labute approximate surface area is 184 Å². The molecule has 1 amide bonds. The maximum absolute atomic E-state index is 12.5. The first-order chi connectivity index (χ1) is 15.7. The van der Waals surface area contributed by atoms with Crippen LogP contribution in [0.3, 0.4) is 0 Å². The van der Waals surface area contributed by atoms with Gasteiger partial charge in [-0.1, -0.05) is 24.3 Å². The fourth-order valence-corrected chi connectivity index (χ4v) is 4.70. The molecule has 2 N–H and O–H groups in total. The Balaban J connectivity index is 1.22. The predicted octanol–water partition coefficient (Wildman–Crippen LogP) is 2.90. The van der Waals surface area contributed by atoms with Crippen LogP contribution in [0, 0.1) is 11.8 Å². The van der Waals surface area contributed by atoms with Gasteiger partial charge in [-0.15, -0.1) is 0 Å². The van der Waals surface area contributed by atoms with E-state index in [0.717, 1.165) is 60.1 Å². The van der Waals surface area contributed by atoms with Crippen LogP contribution in [0.1, 0.15) is 25.1 Å². The van der Waals surface area contributed by atoms with E-state index >= 15 is 0 Å². The van der Waals surface area contributed by atoms with Gasteiger partial charge in [0.05, 0.1) is 17.4 Å². The lowest BCUT2D eigenvalue weighted by Gasteiger charge is -2.16. The molecule has 8 nitrogen and oxygen atoms in total. The van der Waals surface area contributed by atoms with E-state index < -0.39 is 0 Å². The summed E-state index contributed by atoms with van der Waals surface area (Å²) in [5.74, 6) is 1.60. The third kappa shape index (κ3) is 3.41. The second kappa shape index (κ2) is 7.47. The van der Waals surface area contributed by atoms with Crippen LogP contribution >= 0.6 is 0 Å². The SMILES string of the molecule is O=C(C1CC1)N1CC[C@@H](Cc2n[nH]c(=O)n2-c2ccc(-c3ccc4cn[nH]c4c3)cc2)C1. The largest absolute Gasteiger partial charge is 0.347 e. The highest BCUT2D eigenvalue weighted by atomic mass is 16.2. The monoisotopic (exact) mass is 428 g/mol. The van der Waals surface area contributed by atoms with E-state index in [1.54, 1.807) is 10.8 Å². The Morgan fingerprint density at radius 1 is 1.03 bits per heavy atom. The van der Waals surface area contributed by atoms with Crippen LogP contribution < -0.4 is 5.69 Å². The van der Waals surface area contributed by atoms with Crippen molar-refractivity contribution in [2.75, 3.05) is 13.1 Å². The molecule has 2 fully saturated rings. The summed E-state index contributed by atoms with van der Waals surface area (Å²) in [6.07, 6.45) is 5.50. The van der Waals surface area contributed by atoms with Crippen molar-refractivity contribution >= 4 is 16.8 Å². The molecule has 0 spiro atoms. The first-order valence-electron chi connectivity index (χ1n) is 11.1. The number of hydrogen-bond acceptors (Lipinski definition) is 4. The highest BCUT2D eigenvalue weighted by Gasteiger charge is 2.36. The normalized spacial score (nSPS) is 18.5. The summed E-state index contributed by atoms with van der Waals surface area (Å²) in [4.78, 5) is 26.9. The molecule has 1 saturated heterocycles. The molecular weight excluding hydrogens is 404 g/mol. The minimum atomic E-state index is -0.240. The van der Waals surface area contributed by atoms with Crippen molar-refractivity contribution < 1.29 is 4.79 Å². The molecule has 162 valence electrons. The topological polar surface area (TPSA) is 99.7 Å². The van der Waals surface area contributed by atoms with Crippen LogP contribution in [0.2, 0.25) is 0 Å². The summed E-state index contributed by atoms with van der Waals surface area (Å²) in [7, 11) is 0. The van der Waals surface area contributed by atoms with Crippen molar-refractivity contribution in [2.24, 2.45) is 11.8 Å². The number of H-pyrrole nitrogens is 2. The molecule has 1 saturated carbocycles. The van der Waals surface area contributed by atoms with Crippen molar-refractivity contribution in [3.8, 4) is 16.8 Å². The molecule has 4 aromatic rings. The smallest absolute Gasteiger partial charge is 0.342 e. The molecule has 1 atom stereocenters. The van der Waals surface area contributed by atoms with Crippen LogP contribution in [-0.2, 0) is 11.2 Å². The van der Waals surface area contributed by atoms with Gasteiger partial charge in [0.2, 0.25) is 5.91 Å². The Bertz CT molecular complexity index is 1340. The van der Waals surface area contributed by atoms with Gasteiger partial charge < -0.3 is 4.90 Å². The number of rotatable bonds is 5. The molecule has 2 aliphatic rings. The molecule has 3 heterocycles. The minimum Gasteiger partial charge on any atom is -0.342 e. The van der Waals surface area contributed by atoms with Crippen LogP contribution in [-0.4, -0.2) is 48.9 Å². The second-order valence-corrected chi connectivity index (χ2v) is 8.92. The number of aromatic nitrogens is 5. The van der Waals surface area contributed by atoms with E-state index in [4.69, 9.17) is 0 Å². The zero-order valence-corrected chi connectivity index (χ0v) is 17.6. The number of nitrogens with zero attached hydrogens (tertiary/aromatic N) is 4. The highest BCUT2D eigenvalue weighted by molar-refractivity contribution is 5.84. The van der Waals surface area contributed by atoms with Crippen LogP contribution in [0.15, 0.2) is 53.5 Å². The van der Waals surface area contributed by atoms with Gasteiger partial charge in [0.25, 0.3) is 0 Å². The highest BCUT2D eigenvalue weighted by Crippen LogP contribution is 2.33. The fourth-order valence-electron chi connectivity index (χ4n) is 4.70. The first-order valence-corrected chi connectivity index (χ1v) is 11.1. The summed E-state index contributed by atoms with van der Waals surface area (Å²) >= 11 is 0. The quantitative estimate of drug-likeness (QED) is 0.510. The molecule has 2 aromatic carbocycles. The van der Waals surface area contributed by atoms with Gasteiger partial charge in [0, 0.05) is 30.8 Å². The Morgan fingerprint density at radius 2 is 1.84 bits per heavy atom. The van der Waals surface area contributed by atoms with E-state index in [9.17, 15) is 9.59 Å². The van der Waals surface area contributed by atoms with Crippen molar-refractivity contribution in [3.05, 3.63) is 65.0 Å². The summed E-state index contributed by atoms with van der Waals surface area (Å²) in [6.45, 7) is 1.56. The number of aromatic amines is 2. The van der Waals surface area contributed by atoms with Crippen molar-refractivity contribution in [3.63, 3.8) is 0 Å². The molecule has 0 radical (unpaired) electrons. The lowest BCUT2D eigenvalue weighted by molar-refractivity contribution is -0.131. The van der Waals surface area contributed by atoms with Crippen molar-refractivity contribution in [1.82, 2.24) is 29.9 Å². The number of carbonyl (C=O) groups is 1. The molecule has 1 aliphatic heterocycles. The van der Waals surface area contributed by atoms with Gasteiger partial charge in [-0.05, 0) is 54.5 Å². The van der Waals surface area contributed by atoms with E-state index in [2.05, 4.69) is 32.5 Å². The zero-order chi connectivity index (χ0) is 21.7. The summed E-state index contributed by atoms with van der Waals surface area (Å²) in [5.41, 5.74) is 3.68. The predicted molar refractivity (Wildman–Crippen MR) is 120 cm³/mol. The van der Waals surface area contributed by atoms with E-state index in [0.29, 0.717) is 24.1 Å². The van der Waals surface area contributed by atoms with Gasteiger partial charge in [-0.25, -0.2) is 14.5 Å². The summed E-state index contributed by atoms with van der Waals surface area (Å²) in [5, 5.41) is 15.0. The molecule has 6 rings (SSSR count). The van der Waals surface area contributed by atoms with Gasteiger partial charge in [0.1, 0.15) is 5.82 Å². The zero-order valence-electron chi connectivity index (χ0n) is 17.6. The average molecular weight is 428 g/mol. The molecule has 0 bridgehead atoms. The lowest BCUT2D eigenvalue weighted by Crippen LogP contribution is -2.30. The number of fused-ring (bicyclic) bond motifs is 1. The number of carbonyl (C=O) groups excluding carboxylic acids is 1. The minimum absolute atomic E-state index is 0.240. The summed E-state index contributed by atoms with van der Waals surface area (Å²) < 4.78 is 1.65. The van der Waals surface area contributed by atoms with Crippen LogP contribution in [0.4, 0.5) is 0 Å². The molecule has 1 aliphatic carbocycles. The van der Waals surface area contributed by atoms with Crippen molar-refractivity contribution in [1.29, 1.82) is 0 Å². The maximum atomic E-state index is 12.5. The van der Waals surface area contributed by atoms with Gasteiger partial charge in [-0.2, -0.15) is 10.2 Å². The number of likely N-dealkylation sites (tertiary alicyclic amines) is 1. The van der Waals surface area contributed by atoms with Gasteiger partial charge in [0.15, 0.2) is 0 Å². The summed E-state index contributed by atoms with van der Waals surface area (Å²) in [6, 6.07) is 14.1. The van der Waals surface area contributed by atoms with Crippen LogP contribution in [0.5, 0.6) is 0 Å². The Kier molecular flexibility index (Phi) is 4.45. The first kappa shape index (κ1) is 19.0. The van der Waals surface area contributed by atoms with Gasteiger partial charge >= 0.3 is 5.69 Å². The lowest BCUT2D eigenvalue weighted by atomic mass is 10.0. The second-order valence-electron chi connectivity index (χ2n) is 8.92.